The van der Waals surface area contributed by atoms with Crippen molar-refractivity contribution in [2.75, 3.05) is 5.32 Å². The van der Waals surface area contributed by atoms with Crippen LogP contribution in [0.4, 0.5) is 10.1 Å². The molecule has 2 amide bonds. The number of amides is 2. The smallest absolute Gasteiger partial charge is 0.250 e. The molecule has 1 aromatic heterocycles. The van der Waals surface area contributed by atoms with Gasteiger partial charge in [-0.05, 0) is 36.4 Å². The summed E-state index contributed by atoms with van der Waals surface area (Å²) >= 11 is 1.38. The molecule has 0 saturated heterocycles. The zero-order valence-corrected chi connectivity index (χ0v) is 14.4. The minimum absolute atomic E-state index is 0.243. The van der Waals surface area contributed by atoms with Crippen molar-refractivity contribution < 1.29 is 14.0 Å². The number of halogens is 1. The SMILES string of the molecule is NC(=O)c1ccccc1NC(=O)C=Cc1ccc(-c2ccccc2F)s1. The van der Waals surface area contributed by atoms with E-state index in [1.54, 1.807) is 48.5 Å². The van der Waals surface area contributed by atoms with Gasteiger partial charge in [0, 0.05) is 21.4 Å². The molecule has 0 fully saturated rings. The summed E-state index contributed by atoms with van der Waals surface area (Å²) in [6.07, 6.45) is 2.99. The van der Waals surface area contributed by atoms with Gasteiger partial charge in [0.05, 0.1) is 11.3 Å². The molecule has 0 aliphatic carbocycles. The Labute approximate surface area is 153 Å². The van der Waals surface area contributed by atoms with Gasteiger partial charge in [-0.3, -0.25) is 9.59 Å². The molecule has 3 rings (SSSR count). The Morgan fingerprint density at radius 2 is 1.73 bits per heavy atom. The van der Waals surface area contributed by atoms with E-state index in [1.165, 1.54) is 23.5 Å². The highest BCUT2D eigenvalue weighted by atomic mass is 32.1. The molecule has 3 aromatic rings. The standard InChI is InChI=1S/C20H15FN2O2S/c21-16-7-3-1-5-14(16)18-11-9-13(26-18)10-12-19(24)23-17-8-4-2-6-15(17)20(22)25/h1-12H,(H2,22,25)(H,23,24). The van der Waals surface area contributed by atoms with Crippen LogP contribution in [0.1, 0.15) is 15.2 Å². The lowest BCUT2D eigenvalue weighted by molar-refractivity contribution is -0.111. The second-order valence-electron chi connectivity index (χ2n) is 5.41. The van der Waals surface area contributed by atoms with Crippen LogP contribution >= 0.6 is 11.3 Å². The molecule has 6 heteroatoms. The van der Waals surface area contributed by atoms with E-state index in [0.717, 1.165) is 9.75 Å². The third-order valence-corrected chi connectivity index (χ3v) is 4.70. The van der Waals surface area contributed by atoms with Gasteiger partial charge in [-0.15, -0.1) is 11.3 Å². The van der Waals surface area contributed by atoms with Gasteiger partial charge in [-0.1, -0.05) is 30.3 Å². The van der Waals surface area contributed by atoms with E-state index < -0.39 is 5.91 Å². The Morgan fingerprint density at radius 3 is 2.50 bits per heavy atom. The largest absolute Gasteiger partial charge is 0.366 e. The molecule has 26 heavy (non-hydrogen) atoms. The van der Waals surface area contributed by atoms with E-state index in [9.17, 15) is 14.0 Å². The third-order valence-electron chi connectivity index (χ3n) is 3.62. The van der Waals surface area contributed by atoms with Crippen LogP contribution in [0.15, 0.2) is 66.7 Å². The minimum atomic E-state index is -0.613. The molecule has 0 atom stereocenters. The highest BCUT2D eigenvalue weighted by Gasteiger charge is 2.09. The van der Waals surface area contributed by atoms with E-state index >= 15 is 0 Å². The first-order valence-corrected chi connectivity index (χ1v) is 8.59. The summed E-state index contributed by atoms with van der Waals surface area (Å²) in [5, 5.41) is 2.63. The number of nitrogens with one attached hydrogen (secondary N) is 1. The van der Waals surface area contributed by atoms with Crippen molar-refractivity contribution in [2.24, 2.45) is 5.73 Å². The van der Waals surface area contributed by atoms with Gasteiger partial charge < -0.3 is 11.1 Å². The molecule has 1 heterocycles. The molecule has 0 bridgehead atoms. The average molecular weight is 366 g/mol. The van der Waals surface area contributed by atoms with E-state index in [1.807, 2.05) is 12.1 Å². The van der Waals surface area contributed by atoms with Gasteiger partial charge in [0.2, 0.25) is 5.91 Å². The molecule has 4 nitrogen and oxygen atoms in total. The predicted octanol–water partition coefficient (Wildman–Crippen LogP) is 4.31. The van der Waals surface area contributed by atoms with Gasteiger partial charge >= 0.3 is 0 Å². The van der Waals surface area contributed by atoms with Crippen LogP contribution in [-0.4, -0.2) is 11.8 Å². The Bertz CT molecular complexity index is 995. The molecule has 0 saturated carbocycles. The number of nitrogens with two attached hydrogens (primary N) is 1. The Morgan fingerprint density at radius 1 is 1.00 bits per heavy atom. The molecule has 0 aliphatic heterocycles. The maximum atomic E-state index is 13.8. The number of anilines is 1. The Kier molecular flexibility index (Phi) is 5.24. The first-order valence-electron chi connectivity index (χ1n) is 7.77. The number of carbonyl (C=O) groups is 2. The number of hydrogen-bond donors (Lipinski definition) is 2. The lowest BCUT2D eigenvalue weighted by Crippen LogP contribution is -2.16. The molecular weight excluding hydrogens is 351 g/mol. The van der Waals surface area contributed by atoms with Gasteiger partial charge in [0.15, 0.2) is 0 Å². The lowest BCUT2D eigenvalue weighted by Gasteiger charge is -2.06. The fourth-order valence-electron chi connectivity index (χ4n) is 2.39. The maximum Gasteiger partial charge on any atom is 0.250 e. The van der Waals surface area contributed by atoms with Crippen LogP contribution in [-0.2, 0) is 4.79 Å². The van der Waals surface area contributed by atoms with Crippen LogP contribution in [0, 0.1) is 5.82 Å². The number of primary amides is 1. The van der Waals surface area contributed by atoms with Gasteiger partial charge in [0.25, 0.3) is 5.91 Å². The summed E-state index contributed by atoms with van der Waals surface area (Å²) in [5.41, 5.74) is 6.41. The maximum absolute atomic E-state index is 13.8. The summed E-state index contributed by atoms with van der Waals surface area (Å²) in [6, 6.07) is 16.7. The van der Waals surface area contributed by atoms with Crippen molar-refractivity contribution in [1.82, 2.24) is 0 Å². The van der Waals surface area contributed by atoms with Gasteiger partial charge in [-0.25, -0.2) is 4.39 Å². The molecule has 0 radical (unpaired) electrons. The summed E-state index contributed by atoms with van der Waals surface area (Å²) in [7, 11) is 0. The zero-order chi connectivity index (χ0) is 18.5. The number of carbonyl (C=O) groups excluding carboxylic acids is 2. The van der Waals surface area contributed by atoms with Crippen molar-refractivity contribution >= 4 is 34.9 Å². The zero-order valence-electron chi connectivity index (χ0n) is 13.6. The van der Waals surface area contributed by atoms with Crippen molar-refractivity contribution in [3.63, 3.8) is 0 Å². The van der Waals surface area contributed by atoms with Crippen LogP contribution in [0.2, 0.25) is 0 Å². The predicted molar refractivity (Wildman–Crippen MR) is 102 cm³/mol. The van der Waals surface area contributed by atoms with Crippen molar-refractivity contribution in [3.8, 4) is 10.4 Å². The minimum Gasteiger partial charge on any atom is -0.366 e. The van der Waals surface area contributed by atoms with Gasteiger partial charge in [-0.2, -0.15) is 0 Å². The van der Waals surface area contributed by atoms with E-state index in [2.05, 4.69) is 5.32 Å². The number of thiophene rings is 1. The molecular formula is C20H15FN2O2S. The van der Waals surface area contributed by atoms with E-state index in [0.29, 0.717) is 11.3 Å². The normalized spacial score (nSPS) is 10.8. The Balaban J connectivity index is 1.72. The van der Waals surface area contributed by atoms with Crippen molar-refractivity contribution in [2.45, 2.75) is 0 Å². The average Bonchev–Trinajstić information content (AvgIpc) is 3.09. The molecule has 0 aliphatic rings. The molecule has 2 aromatic carbocycles. The second-order valence-corrected chi connectivity index (χ2v) is 6.53. The first-order chi connectivity index (χ1) is 12.5. The molecule has 130 valence electrons. The van der Waals surface area contributed by atoms with E-state index in [4.69, 9.17) is 5.73 Å². The lowest BCUT2D eigenvalue weighted by atomic mass is 10.1. The summed E-state index contributed by atoms with van der Waals surface area (Å²) in [6.45, 7) is 0. The number of rotatable bonds is 5. The fraction of sp³-hybridized carbons (Fsp3) is 0. The van der Waals surface area contributed by atoms with Crippen molar-refractivity contribution in [3.05, 3.63) is 83.0 Å². The monoisotopic (exact) mass is 366 g/mol. The number of benzene rings is 2. The quantitative estimate of drug-likeness (QED) is 0.661. The molecule has 3 N–H and O–H groups in total. The fourth-order valence-corrected chi connectivity index (χ4v) is 3.33. The topological polar surface area (TPSA) is 72.2 Å². The number of hydrogen-bond acceptors (Lipinski definition) is 3. The molecule has 0 unspecified atom stereocenters. The molecule has 0 spiro atoms. The van der Waals surface area contributed by atoms with Crippen LogP contribution in [0.25, 0.3) is 16.5 Å². The first kappa shape index (κ1) is 17.6. The van der Waals surface area contributed by atoms with Crippen LogP contribution < -0.4 is 11.1 Å². The van der Waals surface area contributed by atoms with E-state index in [-0.39, 0.29) is 17.3 Å². The highest BCUT2D eigenvalue weighted by molar-refractivity contribution is 7.16. The Hall–Kier alpha value is -3.25. The van der Waals surface area contributed by atoms with Crippen LogP contribution in [0.5, 0.6) is 0 Å². The van der Waals surface area contributed by atoms with Crippen molar-refractivity contribution in [1.29, 1.82) is 0 Å². The van der Waals surface area contributed by atoms with Gasteiger partial charge in [0.1, 0.15) is 5.82 Å². The van der Waals surface area contributed by atoms with Crippen LogP contribution in [0.3, 0.4) is 0 Å². The number of para-hydroxylation sites is 1. The second kappa shape index (κ2) is 7.76. The summed E-state index contributed by atoms with van der Waals surface area (Å²) in [5.74, 6) is -1.29. The highest BCUT2D eigenvalue weighted by Crippen LogP contribution is 2.30. The summed E-state index contributed by atoms with van der Waals surface area (Å²) < 4.78 is 13.8. The summed E-state index contributed by atoms with van der Waals surface area (Å²) in [4.78, 5) is 25.0. The third kappa shape index (κ3) is 4.04.